The molecule has 0 aromatic heterocycles. The van der Waals surface area contributed by atoms with Gasteiger partial charge in [0, 0.05) is 0 Å². The van der Waals surface area contributed by atoms with Crippen molar-refractivity contribution in [3.05, 3.63) is 29.8 Å². The van der Waals surface area contributed by atoms with Crippen LogP contribution in [-0.2, 0) is 14.8 Å². The number of nitriles is 1. The topological polar surface area (TPSA) is 107 Å². The van der Waals surface area contributed by atoms with E-state index in [-0.39, 0.29) is 23.3 Å². The zero-order chi connectivity index (χ0) is 15.5. The van der Waals surface area contributed by atoms with Crippen LogP contribution in [-0.4, -0.2) is 25.0 Å². The Bertz CT molecular complexity index is 685. The van der Waals surface area contributed by atoms with Gasteiger partial charge in [0.05, 0.1) is 10.5 Å². The summed E-state index contributed by atoms with van der Waals surface area (Å²) in [6, 6.07) is 7.57. The average Bonchev–Trinajstić information content (AvgIpc) is 2.47. The first-order valence-electron chi connectivity index (χ1n) is 6.68. The van der Waals surface area contributed by atoms with Gasteiger partial charge in [-0.25, -0.2) is 8.42 Å². The molecular formula is C14H16N2O4S. The molecule has 2 rings (SSSR count). The normalized spacial score (nSPS) is 17.9. The van der Waals surface area contributed by atoms with Crippen LogP contribution in [0.4, 0.5) is 0 Å². The van der Waals surface area contributed by atoms with Gasteiger partial charge in [0.2, 0.25) is 10.0 Å². The van der Waals surface area contributed by atoms with Gasteiger partial charge >= 0.3 is 5.97 Å². The van der Waals surface area contributed by atoms with Crippen molar-refractivity contribution < 1.29 is 18.3 Å². The molecule has 1 aromatic rings. The first-order chi connectivity index (χ1) is 9.91. The summed E-state index contributed by atoms with van der Waals surface area (Å²) in [6.45, 7) is 0. The fourth-order valence-corrected chi connectivity index (χ4v) is 4.20. The molecule has 0 heterocycles. The highest BCUT2D eigenvalue weighted by molar-refractivity contribution is 7.89. The molecule has 21 heavy (non-hydrogen) atoms. The predicted octanol–water partition coefficient (Wildman–Crippen LogP) is 1.62. The lowest BCUT2D eigenvalue weighted by molar-refractivity contribution is -0.145. The van der Waals surface area contributed by atoms with Gasteiger partial charge in [0.15, 0.2) is 0 Å². The van der Waals surface area contributed by atoms with Crippen molar-refractivity contribution in [1.29, 1.82) is 5.26 Å². The fourth-order valence-electron chi connectivity index (χ4n) is 2.62. The van der Waals surface area contributed by atoms with E-state index in [2.05, 4.69) is 4.72 Å². The van der Waals surface area contributed by atoms with Gasteiger partial charge < -0.3 is 5.11 Å². The first-order valence-corrected chi connectivity index (χ1v) is 8.16. The highest BCUT2D eigenvalue weighted by Crippen LogP contribution is 2.30. The number of benzene rings is 1. The molecule has 1 fully saturated rings. The molecule has 1 saturated carbocycles. The molecule has 0 radical (unpaired) electrons. The summed E-state index contributed by atoms with van der Waals surface area (Å²) < 4.78 is 27.2. The van der Waals surface area contributed by atoms with Crippen LogP contribution in [0.25, 0.3) is 0 Å². The van der Waals surface area contributed by atoms with Crippen LogP contribution in [0.5, 0.6) is 0 Å². The van der Waals surface area contributed by atoms with E-state index in [0.29, 0.717) is 12.8 Å². The van der Waals surface area contributed by atoms with E-state index >= 15 is 0 Å². The van der Waals surface area contributed by atoms with Crippen molar-refractivity contribution in [2.45, 2.75) is 42.5 Å². The minimum absolute atomic E-state index is 0.00125. The summed E-state index contributed by atoms with van der Waals surface area (Å²) >= 11 is 0. The standard InChI is InChI=1S/C14H16N2O4S/c15-10-11-6-2-3-7-12(11)21(19,20)16-14(13(17)18)8-4-1-5-9-14/h2-3,6-7,16H,1,4-5,8-9H2,(H,17,18). The highest BCUT2D eigenvalue weighted by atomic mass is 32.2. The summed E-state index contributed by atoms with van der Waals surface area (Å²) in [5.74, 6) is -1.17. The van der Waals surface area contributed by atoms with Gasteiger partial charge in [-0.1, -0.05) is 31.4 Å². The van der Waals surface area contributed by atoms with Gasteiger partial charge in [-0.3, -0.25) is 4.79 Å². The zero-order valence-corrected chi connectivity index (χ0v) is 12.2. The van der Waals surface area contributed by atoms with Crippen molar-refractivity contribution in [3.63, 3.8) is 0 Å². The van der Waals surface area contributed by atoms with E-state index in [9.17, 15) is 18.3 Å². The van der Waals surface area contributed by atoms with Crippen LogP contribution in [0.1, 0.15) is 37.7 Å². The molecule has 6 nitrogen and oxygen atoms in total. The van der Waals surface area contributed by atoms with Crippen molar-refractivity contribution in [1.82, 2.24) is 4.72 Å². The summed E-state index contributed by atoms with van der Waals surface area (Å²) in [4.78, 5) is 11.4. The Balaban J connectivity index is 2.40. The van der Waals surface area contributed by atoms with Crippen LogP contribution in [0.3, 0.4) is 0 Å². The minimum atomic E-state index is -4.06. The quantitative estimate of drug-likeness (QED) is 0.879. The molecule has 2 N–H and O–H groups in total. The van der Waals surface area contributed by atoms with Gasteiger partial charge in [0.1, 0.15) is 11.6 Å². The summed E-state index contributed by atoms with van der Waals surface area (Å²) in [6.07, 6.45) is 2.74. The molecule has 7 heteroatoms. The van der Waals surface area contributed by atoms with Gasteiger partial charge in [-0.15, -0.1) is 0 Å². The van der Waals surface area contributed by atoms with E-state index in [1.807, 2.05) is 6.07 Å². The number of sulfonamides is 1. The molecule has 1 aliphatic rings. The third kappa shape index (κ3) is 3.06. The first kappa shape index (κ1) is 15.5. The lowest BCUT2D eigenvalue weighted by atomic mass is 9.83. The Morgan fingerprint density at radius 3 is 2.43 bits per heavy atom. The Kier molecular flexibility index (Phi) is 4.30. The Morgan fingerprint density at radius 1 is 1.24 bits per heavy atom. The molecule has 0 saturated heterocycles. The maximum Gasteiger partial charge on any atom is 0.324 e. The lowest BCUT2D eigenvalue weighted by Crippen LogP contribution is -2.55. The van der Waals surface area contributed by atoms with Gasteiger partial charge in [-0.05, 0) is 25.0 Å². The number of carboxylic acid groups (broad SMARTS) is 1. The number of carboxylic acids is 1. The predicted molar refractivity (Wildman–Crippen MR) is 74.9 cm³/mol. The SMILES string of the molecule is N#Cc1ccccc1S(=O)(=O)NC1(C(=O)O)CCCCC1. The van der Waals surface area contributed by atoms with Crippen LogP contribution in [0, 0.1) is 11.3 Å². The molecule has 0 bridgehead atoms. The third-order valence-corrected chi connectivity index (χ3v) is 5.34. The second kappa shape index (κ2) is 5.84. The highest BCUT2D eigenvalue weighted by Gasteiger charge is 2.43. The van der Waals surface area contributed by atoms with Gasteiger partial charge in [0.25, 0.3) is 0 Å². The number of hydrogen-bond donors (Lipinski definition) is 2. The largest absolute Gasteiger partial charge is 0.480 e. The number of nitrogens with one attached hydrogen (secondary N) is 1. The number of rotatable bonds is 4. The van der Waals surface area contributed by atoms with Crippen LogP contribution in [0.2, 0.25) is 0 Å². The second-order valence-corrected chi connectivity index (χ2v) is 6.81. The summed E-state index contributed by atoms with van der Waals surface area (Å²) in [5.41, 5.74) is -1.47. The van der Waals surface area contributed by atoms with Crippen LogP contribution >= 0.6 is 0 Å². The second-order valence-electron chi connectivity index (χ2n) is 5.16. The van der Waals surface area contributed by atoms with E-state index in [4.69, 9.17) is 5.26 Å². The smallest absolute Gasteiger partial charge is 0.324 e. The molecule has 0 spiro atoms. The van der Waals surface area contributed by atoms with Crippen molar-refractivity contribution >= 4 is 16.0 Å². The molecule has 0 amide bonds. The molecule has 0 unspecified atom stereocenters. The molecule has 1 aliphatic carbocycles. The zero-order valence-electron chi connectivity index (χ0n) is 11.4. The average molecular weight is 308 g/mol. The van der Waals surface area contributed by atoms with E-state index < -0.39 is 21.5 Å². The molecule has 112 valence electrons. The fraction of sp³-hybridized carbons (Fsp3) is 0.429. The Morgan fingerprint density at radius 2 is 1.86 bits per heavy atom. The van der Waals surface area contributed by atoms with E-state index in [1.165, 1.54) is 18.2 Å². The Labute approximate surface area is 123 Å². The van der Waals surface area contributed by atoms with Crippen LogP contribution in [0.15, 0.2) is 29.2 Å². The number of aliphatic carboxylic acids is 1. The van der Waals surface area contributed by atoms with Crippen molar-refractivity contribution in [2.24, 2.45) is 0 Å². The van der Waals surface area contributed by atoms with Crippen LogP contribution < -0.4 is 4.72 Å². The van der Waals surface area contributed by atoms with Crippen molar-refractivity contribution in [2.75, 3.05) is 0 Å². The number of carbonyl (C=O) groups is 1. The summed E-state index contributed by atoms with van der Waals surface area (Å²) in [7, 11) is -4.06. The molecular weight excluding hydrogens is 292 g/mol. The number of nitrogens with zero attached hydrogens (tertiary/aromatic N) is 1. The number of hydrogen-bond acceptors (Lipinski definition) is 4. The summed E-state index contributed by atoms with van der Waals surface area (Å²) in [5, 5.41) is 18.4. The maximum absolute atomic E-state index is 12.5. The third-order valence-electron chi connectivity index (χ3n) is 3.74. The van der Waals surface area contributed by atoms with E-state index in [1.54, 1.807) is 6.07 Å². The molecule has 0 atom stereocenters. The van der Waals surface area contributed by atoms with E-state index in [0.717, 1.165) is 6.42 Å². The molecule has 0 aliphatic heterocycles. The molecule has 1 aromatic carbocycles. The minimum Gasteiger partial charge on any atom is -0.480 e. The monoisotopic (exact) mass is 308 g/mol. The van der Waals surface area contributed by atoms with Crippen molar-refractivity contribution in [3.8, 4) is 6.07 Å². The van der Waals surface area contributed by atoms with Gasteiger partial charge in [-0.2, -0.15) is 9.98 Å². The maximum atomic E-state index is 12.5. The Hall–Kier alpha value is -1.91. The lowest BCUT2D eigenvalue weighted by Gasteiger charge is -2.33.